The number of fused-ring (bicyclic) bond motifs is 3. The van der Waals surface area contributed by atoms with E-state index in [1.54, 1.807) is 0 Å². The molecule has 0 saturated carbocycles. The Bertz CT molecular complexity index is 2480. The van der Waals surface area contributed by atoms with Gasteiger partial charge in [0.1, 0.15) is 0 Å². The summed E-state index contributed by atoms with van der Waals surface area (Å²) in [7, 11) is 0. The van der Waals surface area contributed by atoms with Crippen LogP contribution in [0.5, 0.6) is 0 Å². The third-order valence-electron chi connectivity index (χ3n) is 13.0. The molecule has 7 aromatic carbocycles. The minimum Gasteiger partial charge on any atom is -0.310 e. The highest BCUT2D eigenvalue weighted by atomic mass is 15.2. The molecule has 0 saturated heterocycles. The summed E-state index contributed by atoms with van der Waals surface area (Å²) in [6, 6.07) is 51.4. The van der Waals surface area contributed by atoms with Crippen molar-refractivity contribution in [1.29, 1.82) is 0 Å². The first-order valence-corrected chi connectivity index (χ1v) is 22.2. The van der Waals surface area contributed by atoms with Crippen LogP contribution in [0.2, 0.25) is 0 Å². The zero-order valence-corrected chi connectivity index (χ0v) is 37.6. The molecule has 2 nitrogen and oxygen atoms in total. The summed E-state index contributed by atoms with van der Waals surface area (Å²) in [6.45, 7) is 22.6. The van der Waals surface area contributed by atoms with Crippen molar-refractivity contribution in [3.8, 4) is 11.1 Å². The third-order valence-corrected chi connectivity index (χ3v) is 13.0. The normalized spacial score (nSPS) is 12.6. The standard InChI is InChI=1S/C58H62N2/c1-11-12-13-14-16-46-17-15-18-47(35-46)58(10)54-36-50(59(48-23-19-38(2)20-24-48)56-42(6)31-40(4)32-43(56)7)27-29-52(54)53-30-28-51(37-55(53)58)60(49-25-21-39(3)22-26-49)57-44(8)33-41(5)34-45(57)9/h15,17-37H,11-14,16H2,1-10H3. The second-order valence-electron chi connectivity index (χ2n) is 17.9. The van der Waals surface area contributed by atoms with Crippen LogP contribution in [0.4, 0.5) is 34.1 Å². The lowest BCUT2D eigenvalue weighted by Gasteiger charge is -2.33. The maximum absolute atomic E-state index is 2.52. The largest absolute Gasteiger partial charge is 0.310 e. The molecule has 0 aliphatic heterocycles. The van der Waals surface area contributed by atoms with Gasteiger partial charge in [0.2, 0.25) is 0 Å². The van der Waals surface area contributed by atoms with Gasteiger partial charge in [-0.15, -0.1) is 0 Å². The third kappa shape index (κ3) is 7.58. The number of benzene rings is 7. The lowest BCUT2D eigenvalue weighted by Crippen LogP contribution is -2.24. The molecule has 0 unspecified atom stereocenters. The molecule has 0 heterocycles. The number of hydrogen-bond acceptors (Lipinski definition) is 2. The summed E-state index contributed by atoms with van der Waals surface area (Å²) in [5.74, 6) is 0. The van der Waals surface area contributed by atoms with Crippen molar-refractivity contribution in [2.75, 3.05) is 9.80 Å². The Morgan fingerprint density at radius 2 is 0.850 bits per heavy atom. The molecule has 2 heteroatoms. The van der Waals surface area contributed by atoms with Gasteiger partial charge < -0.3 is 9.80 Å². The monoisotopic (exact) mass is 786 g/mol. The van der Waals surface area contributed by atoms with E-state index < -0.39 is 5.41 Å². The minimum atomic E-state index is -0.414. The van der Waals surface area contributed by atoms with Crippen molar-refractivity contribution in [2.45, 2.75) is 107 Å². The van der Waals surface area contributed by atoms with Crippen molar-refractivity contribution in [3.63, 3.8) is 0 Å². The number of anilines is 6. The van der Waals surface area contributed by atoms with E-state index in [1.807, 2.05) is 0 Å². The number of nitrogens with zero attached hydrogens (tertiary/aromatic N) is 2. The van der Waals surface area contributed by atoms with Crippen LogP contribution < -0.4 is 9.80 Å². The van der Waals surface area contributed by atoms with Gasteiger partial charge in [-0.25, -0.2) is 0 Å². The molecule has 60 heavy (non-hydrogen) atoms. The average molecular weight is 787 g/mol. The van der Waals surface area contributed by atoms with Gasteiger partial charge in [0.15, 0.2) is 0 Å². The summed E-state index contributed by atoms with van der Waals surface area (Å²) < 4.78 is 0. The first-order chi connectivity index (χ1) is 28.9. The molecule has 0 spiro atoms. The van der Waals surface area contributed by atoms with Crippen molar-refractivity contribution in [1.82, 2.24) is 0 Å². The number of aryl methyl sites for hydroxylation is 9. The predicted molar refractivity (Wildman–Crippen MR) is 259 cm³/mol. The van der Waals surface area contributed by atoms with Crippen LogP contribution in [0.25, 0.3) is 11.1 Å². The maximum Gasteiger partial charge on any atom is 0.0520 e. The van der Waals surface area contributed by atoms with Crippen molar-refractivity contribution in [2.24, 2.45) is 0 Å². The van der Waals surface area contributed by atoms with Crippen molar-refractivity contribution >= 4 is 34.1 Å². The fraction of sp³-hybridized carbons (Fsp3) is 0.276. The van der Waals surface area contributed by atoms with Crippen LogP contribution in [-0.2, 0) is 11.8 Å². The summed E-state index contributed by atoms with van der Waals surface area (Å²) in [5, 5.41) is 0. The van der Waals surface area contributed by atoms with Gasteiger partial charge in [0, 0.05) is 28.2 Å². The van der Waals surface area contributed by atoms with E-state index in [-0.39, 0.29) is 0 Å². The molecule has 0 radical (unpaired) electrons. The second-order valence-corrected chi connectivity index (χ2v) is 17.9. The fourth-order valence-corrected chi connectivity index (χ4v) is 10.1. The molecule has 304 valence electrons. The molecular weight excluding hydrogens is 725 g/mol. The Morgan fingerprint density at radius 1 is 0.417 bits per heavy atom. The summed E-state index contributed by atoms with van der Waals surface area (Å²) in [6.07, 6.45) is 6.13. The van der Waals surface area contributed by atoms with Crippen LogP contribution in [0.15, 0.2) is 133 Å². The highest BCUT2D eigenvalue weighted by Crippen LogP contribution is 2.56. The topological polar surface area (TPSA) is 6.48 Å². The molecule has 0 atom stereocenters. The van der Waals surface area contributed by atoms with E-state index in [2.05, 4.69) is 212 Å². The lowest BCUT2D eigenvalue weighted by molar-refractivity contribution is 0.664. The van der Waals surface area contributed by atoms with E-state index in [0.29, 0.717) is 0 Å². The molecule has 0 amide bonds. The van der Waals surface area contributed by atoms with Crippen LogP contribution in [0, 0.1) is 55.4 Å². The smallest absolute Gasteiger partial charge is 0.0520 e. The van der Waals surface area contributed by atoms with Gasteiger partial charge in [-0.3, -0.25) is 0 Å². The van der Waals surface area contributed by atoms with Gasteiger partial charge in [-0.05, 0) is 179 Å². The first kappa shape index (κ1) is 40.9. The van der Waals surface area contributed by atoms with E-state index in [1.165, 1.54) is 138 Å². The van der Waals surface area contributed by atoms with Gasteiger partial charge in [0.05, 0.1) is 11.4 Å². The lowest BCUT2D eigenvalue weighted by atomic mass is 9.73. The van der Waals surface area contributed by atoms with Crippen LogP contribution in [-0.4, -0.2) is 0 Å². The molecule has 1 aliphatic carbocycles. The highest BCUT2D eigenvalue weighted by Gasteiger charge is 2.42. The average Bonchev–Trinajstić information content (AvgIpc) is 3.47. The van der Waals surface area contributed by atoms with E-state index in [4.69, 9.17) is 0 Å². The van der Waals surface area contributed by atoms with Crippen LogP contribution in [0.1, 0.15) is 106 Å². The Kier molecular flexibility index (Phi) is 11.4. The SMILES string of the molecule is CCCCCCc1cccc(C2(C)c3cc(N(c4ccc(C)cc4)c4c(C)cc(C)cc4C)ccc3-c3ccc(N(c4ccc(C)cc4)c4c(C)cc(C)cc4C)cc32)c1. The van der Waals surface area contributed by atoms with E-state index >= 15 is 0 Å². The quantitative estimate of drug-likeness (QED) is 0.114. The molecular formula is C58H62N2. The first-order valence-electron chi connectivity index (χ1n) is 22.2. The second kappa shape index (κ2) is 16.7. The fourth-order valence-electron chi connectivity index (χ4n) is 10.1. The van der Waals surface area contributed by atoms with Crippen LogP contribution in [0.3, 0.4) is 0 Å². The Morgan fingerprint density at radius 3 is 1.28 bits per heavy atom. The molecule has 0 N–H and O–H groups in total. The summed E-state index contributed by atoms with van der Waals surface area (Å²) in [5.41, 5.74) is 25.0. The Balaban J connectivity index is 1.36. The number of unbranched alkanes of at least 4 members (excludes halogenated alkanes) is 3. The molecule has 7 aromatic rings. The Hall–Kier alpha value is -5.86. The molecule has 0 fully saturated rings. The van der Waals surface area contributed by atoms with Gasteiger partial charge in [-0.1, -0.05) is 133 Å². The maximum atomic E-state index is 2.52. The van der Waals surface area contributed by atoms with E-state index in [0.717, 1.165) is 6.42 Å². The number of hydrogen-bond donors (Lipinski definition) is 0. The zero-order chi connectivity index (χ0) is 42.3. The molecule has 1 aliphatic rings. The van der Waals surface area contributed by atoms with Gasteiger partial charge >= 0.3 is 0 Å². The molecule has 8 rings (SSSR count). The zero-order valence-electron chi connectivity index (χ0n) is 37.6. The predicted octanol–water partition coefficient (Wildman–Crippen LogP) is 16.6. The van der Waals surface area contributed by atoms with Crippen molar-refractivity contribution in [3.05, 3.63) is 200 Å². The highest BCUT2D eigenvalue weighted by molar-refractivity contribution is 5.91. The van der Waals surface area contributed by atoms with Crippen molar-refractivity contribution < 1.29 is 0 Å². The minimum absolute atomic E-state index is 0.414. The Labute approximate surface area is 360 Å². The van der Waals surface area contributed by atoms with E-state index in [9.17, 15) is 0 Å². The van der Waals surface area contributed by atoms with Gasteiger partial charge in [0.25, 0.3) is 0 Å². The summed E-state index contributed by atoms with van der Waals surface area (Å²) in [4.78, 5) is 4.98. The number of rotatable bonds is 12. The summed E-state index contributed by atoms with van der Waals surface area (Å²) >= 11 is 0. The molecule has 0 aromatic heterocycles. The van der Waals surface area contributed by atoms with Crippen LogP contribution >= 0.6 is 0 Å². The molecule has 0 bridgehead atoms. The van der Waals surface area contributed by atoms with Gasteiger partial charge in [-0.2, -0.15) is 0 Å².